The van der Waals surface area contributed by atoms with Gasteiger partial charge in [-0.25, -0.2) is 9.78 Å². The normalized spacial score (nSPS) is 10.0. The maximum absolute atomic E-state index is 11.7. The van der Waals surface area contributed by atoms with Gasteiger partial charge in [0, 0.05) is 17.2 Å². The van der Waals surface area contributed by atoms with Gasteiger partial charge in [-0.2, -0.15) is 0 Å². The van der Waals surface area contributed by atoms with E-state index in [0.29, 0.717) is 12.4 Å². The maximum Gasteiger partial charge on any atom is 0.320 e. The minimum Gasteiger partial charge on any atom is -0.334 e. The number of carbonyl (C=O) groups is 1. The molecule has 2 amide bonds. The molecule has 0 atom stereocenters. The highest BCUT2D eigenvalue weighted by atomic mass is 79.9. The second-order valence-corrected chi connectivity index (χ2v) is 5.07. The van der Waals surface area contributed by atoms with Crippen LogP contribution in [-0.2, 0) is 6.54 Å². The van der Waals surface area contributed by atoms with Crippen LogP contribution >= 0.6 is 15.9 Å². The Morgan fingerprint density at radius 1 is 1.26 bits per heavy atom. The van der Waals surface area contributed by atoms with Crippen LogP contribution in [0.5, 0.6) is 0 Å². The smallest absolute Gasteiger partial charge is 0.320 e. The Labute approximate surface area is 120 Å². The molecule has 0 saturated carbocycles. The first-order chi connectivity index (χ1) is 9.13. The van der Waals surface area contributed by atoms with Crippen LogP contribution in [0.15, 0.2) is 47.1 Å². The van der Waals surface area contributed by atoms with E-state index in [1.807, 2.05) is 31.2 Å². The van der Waals surface area contributed by atoms with Gasteiger partial charge in [-0.15, -0.1) is 0 Å². The van der Waals surface area contributed by atoms with Crippen molar-refractivity contribution in [2.75, 3.05) is 5.32 Å². The maximum atomic E-state index is 11.7. The van der Waals surface area contributed by atoms with Crippen molar-refractivity contribution < 1.29 is 4.79 Å². The second kappa shape index (κ2) is 6.33. The summed E-state index contributed by atoms with van der Waals surface area (Å²) < 4.78 is 0.872. The zero-order valence-corrected chi connectivity index (χ0v) is 12.1. The molecule has 0 bridgehead atoms. The van der Waals surface area contributed by atoms with E-state index in [9.17, 15) is 4.79 Å². The summed E-state index contributed by atoms with van der Waals surface area (Å²) in [5.74, 6) is 0.510. The van der Waals surface area contributed by atoms with Gasteiger partial charge in [0.05, 0.1) is 0 Å². The Kier molecular flexibility index (Phi) is 4.52. The van der Waals surface area contributed by atoms with Crippen molar-refractivity contribution in [3.8, 4) is 0 Å². The summed E-state index contributed by atoms with van der Waals surface area (Å²) in [5, 5.41) is 5.45. The van der Waals surface area contributed by atoms with Gasteiger partial charge in [0.15, 0.2) is 0 Å². The summed E-state index contributed by atoms with van der Waals surface area (Å²) in [7, 11) is 0. The fraction of sp³-hybridized carbons (Fsp3) is 0.143. The molecular formula is C14H14BrN3O. The summed E-state index contributed by atoms with van der Waals surface area (Å²) >= 11 is 3.32. The van der Waals surface area contributed by atoms with Gasteiger partial charge in [-0.05, 0) is 24.6 Å². The van der Waals surface area contributed by atoms with Gasteiger partial charge in [0.25, 0.3) is 0 Å². The minimum absolute atomic E-state index is 0.272. The van der Waals surface area contributed by atoms with Crippen LogP contribution in [0.4, 0.5) is 10.6 Å². The van der Waals surface area contributed by atoms with Crippen LogP contribution in [0.3, 0.4) is 0 Å². The van der Waals surface area contributed by atoms with E-state index in [1.54, 1.807) is 18.3 Å². The lowest BCUT2D eigenvalue weighted by atomic mass is 10.1. The van der Waals surface area contributed by atoms with E-state index in [-0.39, 0.29) is 6.03 Å². The van der Waals surface area contributed by atoms with Gasteiger partial charge in [0.1, 0.15) is 5.82 Å². The summed E-state index contributed by atoms with van der Waals surface area (Å²) in [4.78, 5) is 15.7. The number of urea groups is 1. The second-order valence-electron chi connectivity index (χ2n) is 4.15. The van der Waals surface area contributed by atoms with Crippen molar-refractivity contribution in [2.24, 2.45) is 0 Å². The molecule has 2 rings (SSSR count). The molecule has 98 valence electrons. The molecule has 1 aromatic heterocycles. The number of aryl methyl sites for hydroxylation is 1. The van der Waals surface area contributed by atoms with Gasteiger partial charge < -0.3 is 5.32 Å². The molecule has 0 saturated heterocycles. The zero-order chi connectivity index (χ0) is 13.7. The lowest BCUT2D eigenvalue weighted by molar-refractivity contribution is 0.251. The molecule has 2 N–H and O–H groups in total. The summed E-state index contributed by atoms with van der Waals surface area (Å²) in [6, 6.07) is 11.3. The predicted octanol–water partition coefficient (Wildman–Crippen LogP) is 3.47. The van der Waals surface area contributed by atoms with Gasteiger partial charge >= 0.3 is 6.03 Å². The zero-order valence-electron chi connectivity index (χ0n) is 10.5. The molecule has 1 heterocycles. The number of benzene rings is 1. The molecule has 2 aromatic rings. The quantitative estimate of drug-likeness (QED) is 0.910. The van der Waals surface area contributed by atoms with E-state index in [4.69, 9.17) is 0 Å². The molecule has 5 heteroatoms. The third-order valence-electron chi connectivity index (χ3n) is 2.54. The summed E-state index contributed by atoms with van der Waals surface area (Å²) in [6.45, 7) is 2.52. The number of aromatic nitrogens is 1. The Balaban J connectivity index is 1.86. The predicted molar refractivity (Wildman–Crippen MR) is 79.0 cm³/mol. The van der Waals surface area contributed by atoms with Gasteiger partial charge in [-0.1, -0.05) is 45.8 Å². The Morgan fingerprint density at radius 2 is 2.00 bits per heavy atom. The molecule has 0 unspecified atom stereocenters. The number of hydrogen-bond donors (Lipinski definition) is 2. The molecule has 19 heavy (non-hydrogen) atoms. The SMILES string of the molecule is Cc1ccc(CNC(=O)Nc2cc(Br)ccn2)cc1. The van der Waals surface area contributed by atoms with Crippen LogP contribution in [0.2, 0.25) is 0 Å². The molecule has 0 aliphatic rings. The fourth-order valence-electron chi connectivity index (χ4n) is 1.52. The van der Waals surface area contributed by atoms with Crippen molar-refractivity contribution in [3.05, 3.63) is 58.2 Å². The molecular weight excluding hydrogens is 306 g/mol. The van der Waals surface area contributed by atoms with Crippen molar-refractivity contribution in [1.82, 2.24) is 10.3 Å². The number of anilines is 1. The minimum atomic E-state index is -0.272. The molecule has 1 aromatic carbocycles. The first-order valence-electron chi connectivity index (χ1n) is 5.85. The van der Waals surface area contributed by atoms with Crippen molar-refractivity contribution in [2.45, 2.75) is 13.5 Å². The Hall–Kier alpha value is -1.88. The van der Waals surface area contributed by atoms with Gasteiger partial charge in [-0.3, -0.25) is 5.32 Å². The number of pyridine rings is 1. The van der Waals surface area contributed by atoms with Crippen molar-refractivity contribution in [1.29, 1.82) is 0 Å². The van der Waals surface area contributed by atoms with E-state index in [0.717, 1.165) is 10.0 Å². The molecule has 0 radical (unpaired) electrons. The Morgan fingerprint density at radius 3 is 2.68 bits per heavy atom. The lowest BCUT2D eigenvalue weighted by Gasteiger charge is -2.07. The van der Waals surface area contributed by atoms with Crippen LogP contribution in [0.1, 0.15) is 11.1 Å². The largest absolute Gasteiger partial charge is 0.334 e. The molecule has 4 nitrogen and oxygen atoms in total. The third-order valence-corrected chi connectivity index (χ3v) is 3.03. The van der Waals surface area contributed by atoms with Crippen LogP contribution < -0.4 is 10.6 Å². The standard InChI is InChI=1S/C14H14BrN3O/c1-10-2-4-11(5-3-10)9-17-14(19)18-13-8-12(15)6-7-16-13/h2-8H,9H2,1H3,(H2,16,17,18,19). The number of halogens is 1. The number of nitrogens with one attached hydrogen (secondary N) is 2. The van der Waals surface area contributed by atoms with E-state index < -0.39 is 0 Å². The van der Waals surface area contributed by atoms with Crippen LogP contribution in [0, 0.1) is 6.92 Å². The average molecular weight is 320 g/mol. The topological polar surface area (TPSA) is 54.0 Å². The molecule has 0 aliphatic carbocycles. The monoisotopic (exact) mass is 319 g/mol. The van der Waals surface area contributed by atoms with Crippen LogP contribution in [0.25, 0.3) is 0 Å². The molecule has 0 fully saturated rings. The molecule has 0 aliphatic heterocycles. The highest BCUT2D eigenvalue weighted by Gasteiger charge is 2.02. The third kappa shape index (κ3) is 4.37. The summed E-state index contributed by atoms with van der Waals surface area (Å²) in [6.07, 6.45) is 1.62. The number of nitrogens with zero attached hydrogens (tertiary/aromatic N) is 1. The number of amides is 2. The Bertz CT molecular complexity index is 569. The first kappa shape index (κ1) is 13.5. The van der Waals surface area contributed by atoms with Crippen molar-refractivity contribution >= 4 is 27.8 Å². The van der Waals surface area contributed by atoms with Crippen molar-refractivity contribution in [3.63, 3.8) is 0 Å². The fourth-order valence-corrected chi connectivity index (χ4v) is 1.86. The number of carbonyl (C=O) groups excluding carboxylic acids is 1. The van der Waals surface area contributed by atoms with E-state index in [1.165, 1.54) is 5.56 Å². The van der Waals surface area contributed by atoms with E-state index in [2.05, 4.69) is 31.5 Å². The number of rotatable bonds is 3. The lowest BCUT2D eigenvalue weighted by Crippen LogP contribution is -2.28. The van der Waals surface area contributed by atoms with Gasteiger partial charge in [0.2, 0.25) is 0 Å². The molecule has 0 spiro atoms. The van der Waals surface area contributed by atoms with Crippen LogP contribution in [-0.4, -0.2) is 11.0 Å². The average Bonchev–Trinajstić information content (AvgIpc) is 2.38. The highest BCUT2D eigenvalue weighted by molar-refractivity contribution is 9.10. The number of hydrogen-bond acceptors (Lipinski definition) is 2. The first-order valence-corrected chi connectivity index (χ1v) is 6.65. The van der Waals surface area contributed by atoms with E-state index >= 15 is 0 Å². The summed E-state index contributed by atoms with van der Waals surface area (Å²) in [5.41, 5.74) is 2.26. The highest BCUT2D eigenvalue weighted by Crippen LogP contribution is 2.12.